The molecule has 8 heteroatoms. The van der Waals surface area contributed by atoms with E-state index in [9.17, 15) is 0 Å². The van der Waals surface area contributed by atoms with E-state index in [1.54, 1.807) is 34.4 Å². The average Bonchev–Trinajstić information content (AvgIpc) is 3.40. The summed E-state index contributed by atoms with van der Waals surface area (Å²) < 4.78 is 0. The highest BCUT2D eigenvalue weighted by atomic mass is 32.2. The van der Waals surface area contributed by atoms with E-state index in [2.05, 4.69) is 57.0 Å². The number of aromatic nitrogens is 2. The van der Waals surface area contributed by atoms with Crippen LogP contribution in [0.5, 0.6) is 0 Å². The van der Waals surface area contributed by atoms with Crippen LogP contribution in [0.3, 0.4) is 0 Å². The molecule has 26 heavy (non-hydrogen) atoms. The number of benzene rings is 1. The first-order valence-electron chi connectivity index (χ1n) is 8.40. The summed E-state index contributed by atoms with van der Waals surface area (Å²) in [5, 5.41) is 20.5. The Kier molecular flexibility index (Phi) is 5.08. The molecule has 0 spiro atoms. The minimum Gasteiger partial charge on any atom is -0.330 e. The summed E-state index contributed by atoms with van der Waals surface area (Å²) in [5.41, 5.74) is 7.08. The standard InChI is InChI=1S/C18H19N5S3/c1-13-20-21-17(25-13)23-18(10-6-11-19,14-7-3-2-4-8-14)26-16(22-23)15-9-5-12-24-15/h2-5,7-9,12H,6,10-11,19H2,1H3. The molecule has 5 nitrogen and oxygen atoms in total. The summed E-state index contributed by atoms with van der Waals surface area (Å²) in [5.74, 6) is 0. The maximum atomic E-state index is 5.87. The number of hydrogen-bond donors (Lipinski definition) is 1. The van der Waals surface area contributed by atoms with E-state index in [1.165, 1.54) is 10.4 Å². The fraction of sp³-hybridized carbons (Fsp3) is 0.278. The number of hydrazone groups is 1. The average molecular weight is 402 g/mol. The second-order valence-corrected chi connectivity index (χ2v) is 9.32. The highest BCUT2D eigenvalue weighted by Crippen LogP contribution is 2.52. The van der Waals surface area contributed by atoms with Crippen LogP contribution >= 0.6 is 34.4 Å². The Balaban J connectivity index is 1.84. The highest BCUT2D eigenvalue weighted by Gasteiger charge is 2.47. The summed E-state index contributed by atoms with van der Waals surface area (Å²) in [6, 6.07) is 14.7. The van der Waals surface area contributed by atoms with Gasteiger partial charge in [0.2, 0.25) is 5.13 Å². The van der Waals surface area contributed by atoms with Crippen molar-refractivity contribution in [1.82, 2.24) is 10.2 Å². The van der Waals surface area contributed by atoms with Crippen molar-refractivity contribution in [3.05, 3.63) is 63.3 Å². The van der Waals surface area contributed by atoms with Crippen LogP contribution < -0.4 is 10.7 Å². The van der Waals surface area contributed by atoms with Crippen molar-refractivity contribution < 1.29 is 0 Å². The number of rotatable bonds is 6. The second-order valence-electron chi connectivity index (χ2n) is 5.94. The lowest BCUT2D eigenvalue weighted by Gasteiger charge is -2.35. The largest absolute Gasteiger partial charge is 0.330 e. The Bertz CT molecular complexity index is 891. The third-order valence-electron chi connectivity index (χ3n) is 4.17. The van der Waals surface area contributed by atoms with Gasteiger partial charge in [-0.3, -0.25) is 0 Å². The van der Waals surface area contributed by atoms with Gasteiger partial charge < -0.3 is 5.73 Å². The normalized spacial score (nSPS) is 19.8. The smallest absolute Gasteiger partial charge is 0.230 e. The Morgan fingerprint density at radius 1 is 1.12 bits per heavy atom. The van der Waals surface area contributed by atoms with Gasteiger partial charge in [0.1, 0.15) is 14.9 Å². The molecule has 0 aliphatic carbocycles. The van der Waals surface area contributed by atoms with Gasteiger partial charge in [0.25, 0.3) is 0 Å². The maximum Gasteiger partial charge on any atom is 0.230 e. The molecule has 1 unspecified atom stereocenters. The van der Waals surface area contributed by atoms with Crippen molar-refractivity contribution in [3.63, 3.8) is 0 Å². The van der Waals surface area contributed by atoms with E-state index >= 15 is 0 Å². The van der Waals surface area contributed by atoms with Crippen molar-refractivity contribution >= 4 is 44.6 Å². The third-order valence-corrected chi connectivity index (χ3v) is 7.44. The van der Waals surface area contributed by atoms with Crippen LogP contribution in [-0.2, 0) is 4.87 Å². The molecular weight excluding hydrogens is 382 g/mol. The van der Waals surface area contributed by atoms with Crippen LogP contribution in [0, 0.1) is 6.92 Å². The minimum atomic E-state index is -0.355. The molecule has 3 heterocycles. The molecule has 1 atom stereocenters. The number of anilines is 1. The third kappa shape index (κ3) is 3.18. The number of aryl methyl sites for hydroxylation is 1. The molecule has 0 amide bonds. The summed E-state index contributed by atoms with van der Waals surface area (Å²) >= 11 is 5.07. The van der Waals surface area contributed by atoms with Crippen molar-refractivity contribution in [1.29, 1.82) is 0 Å². The quantitative estimate of drug-likeness (QED) is 0.662. The van der Waals surface area contributed by atoms with E-state index in [-0.39, 0.29) is 4.87 Å². The molecule has 0 saturated carbocycles. The minimum absolute atomic E-state index is 0.355. The SMILES string of the molecule is Cc1nnc(N2N=C(c3cccs3)SC2(CCCN)c2ccccc2)s1. The van der Waals surface area contributed by atoms with Crippen molar-refractivity contribution in [2.24, 2.45) is 10.8 Å². The van der Waals surface area contributed by atoms with Gasteiger partial charge in [-0.2, -0.15) is 5.10 Å². The molecule has 2 N–H and O–H groups in total. The zero-order valence-corrected chi connectivity index (χ0v) is 16.8. The van der Waals surface area contributed by atoms with Crippen LogP contribution in [0.4, 0.5) is 5.13 Å². The Hall–Kier alpha value is -1.74. The van der Waals surface area contributed by atoms with E-state index in [1.807, 2.05) is 13.0 Å². The molecule has 1 aliphatic rings. The van der Waals surface area contributed by atoms with Crippen LogP contribution in [0.2, 0.25) is 0 Å². The second kappa shape index (κ2) is 7.48. The van der Waals surface area contributed by atoms with Gasteiger partial charge in [-0.1, -0.05) is 59.5 Å². The van der Waals surface area contributed by atoms with Crippen LogP contribution in [0.1, 0.15) is 28.3 Å². The lowest BCUT2D eigenvalue weighted by molar-refractivity contribution is 0.525. The predicted molar refractivity (Wildman–Crippen MR) is 112 cm³/mol. The van der Waals surface area contributed by atoms with Crippen LogP contribution in [-0.4, -0.2) is 21.8 Å². The summed E-state index contributed by atoms with van der Waals surface area (Å²) in [4.78, 5) is 0.818. The molecule has 3 aromatic rings. The van der Waals surface area contributed by atoms with Crippen molar-refractivity contribution in [3.8, 4) is 0 Å². The predicted octanol–water partition coefficient (Wildman–Crippen LogP) is 4.41. The first-order valence-corrected chi connectivity index (χ1v) is 10.9. The molecule has 0 bridgehead atoms. The van der Waals surface area contributed by atoms with Gasteiger partial charge in [-0.05, 0) is 43.3 Å². The summed E-state index contributed by atoms with van der Waals surface area (Å²) in [7, 11) is 0. The van der Waals surface area contributed by atoms with Gasteiger partial charge in [0.05, 0.1) is 4.88 Å². The number of nitrogens with zero attached hydrogens (tertiary/aromatic N) is 4. The molecule has 2 aromatic heterocycles. The number of thioether (sulfide) groups is 1. The monoisotopic (exact) mass is 401 g/mol. The Morgan fingerprint density at radius 3 is 2.62 bits per heavy atom. The number of hydrogen-bond acceptors (Lipinski definition) is 8. The van der Waals surface area contributed by atoms with Crippen molar-refractivity contribution in [2.75, 3.05) is 11.6 Å². The first kappa shape index (κ1) is 17.7. The topological polar surface area (TPSA) is 67.4 Å². The highest BCUT2D eigenvalue weighted by molar-refractivity contribution is 8.15. The Morgan fingerprint density at radius 2 is 1.96 bits per heavy atom. The van der Waals surface area contributed by atoms with E-state index in [0.29, 0.717) is 6.54 Å². The van der Waals surface area contributed by atoms with Crippen molar-refractivity contribution in [2.45, 2.75) is 24.6 Å². The van der Waals surface area contributed by atoms with E-state index in [0.717, 1.165) is 28.0 Å². The van der Waals surface area contributed by atoms with Gasteiger partial charge >= 0.3 is 0 Å². The van der Waals surface area contributed by atoms with E-state index in [4.69, 9.17) is 10.8 Å². The molecule has 1 aliphatic heterocycles. The van der Waals surface area contributed by atoms with Gasteiger partial charge in [-0.15, -0.1) is 21.5 Å². The molecule has 0 radical (unpaired) electrons. The number of nitrogens with two attached hydrogens (primary N) is 1. The molecule has 1 aromatic carbocycles. The van der Waals surface area contributed by atoms with Gasteiger partial charge in [0.15, 0.2) is 0 Å². The fourth-order valence-corrected chi connectivity index (χ4v) is 5.95. The number of thiophene rings is 1. The lowest BCUT2D eigenvalue weighted by atomic mass is 10.0. The fourth-order valence-electron chi connectivity index (χ4n) is 2.99. The maximum absolute atomic E-state index is 5.87. The molecule has 4 rings (SSSR count). The van der Waals surface area contributed by atoms with Gasteiger partial charge in [0, 0.05) is 0 Å². The zero-order valence-electron chi connectivity index (χ0n) is 14.3. The van der Waals surface area contributed by atoms with Crippen LogP contribution in [0.25, 0.3) is 0 Å². The first-order chi connectivity index (χ1) is 12.7. The molecular formula is C18H19N5S3. The van der Waals surface area contributed by atoms with Gasteiger partial charge in [-0.25, -0.2) is 5.01 Å². The lowest BCUT2D eigenvalue weighted by Crippen LogP contribution is -2.38. The summed E-state index contributed by atoms with van der Waals surface area (Å²) in [6.07, 6.45) is 1.79. The summed E-state index contributed by atoms with van der Waals surface area (Å²) in [6.45, 7) is 2.62. The zero-order chi connectivity index (χ0) is 18.0. The molecule has 0 saturated heterocycles. The Labute approximate surface area is 165 Å². The molecule has 134 valence electrons. The van der Waals surface area contributed by atoms with E-state index < -0.39 is 0 Å². The molecule has 0 fully saturated rings. The van der Waals surface area contributed by atoms with Crippen LogP contribution in [0.15, 0.2) is 52.9 Å².